The van der Waals surface area contributed by atoms with Crippen molar-refractivity contribution in [1.29, 1.82) is 0 Å². The van der Waals surface area contributed by atoms with E-state index < -0.39 is 12.1 Å². The van der Waals surface area contributed by atoms with E-state index in [1.165, 1.54) is 5.56 Å². The predicted octanol–water partition coefficient (Wildman–Crippen LogP) is 4.90. The molecule has 25 heavy (non-hydrogen) atoms. The van der Waals surface area contributed by atoms with E-state index in [2.05, 4.69) is 0 Å². The summed E-state index contributed by atoms with van der Waals surface area (Å²) in [5.41, 5.74) is 3.32. The quantitative estimate of drug-likeness (QED) is 0.551. The van der Waals surface area contributed by atoms with Crippen molar-refractivity contribution in [3.63, 3.8) is 0 Å². The van der Waals surface area contributed by atoms with Gasteiger partial charge in [-0.25, -0.2) is 4.79 Å². The molecule has 5 heteroatoms. The molecule has 1 fully saturated rings. The highest BCUT2D eigenvalue weighted by atomic mass is 32.2. The van der Waals surface area contributed by atoms with Gasteiger partial charge in [0, 0.05) is 17.1 Å². The normalized spacial score (nSPS) is 15.8. The molecule has 3 nitrogen and oxygen atoms in total. The number of ketones is 1. The van der Waals surface area contributed by atoms with Gasteiger partial charge in [0.15, 0.2) is 6.10 Å². The maximum atomic E-state index is 12.4. The fourth-order valence-electron chi connectivity index (χ4n) is 2.56. The minimum Gasteiger partial charge on any atom is -0.451 e. The van der Waals surface area contributed by atoms with Crippen molar-refractivity contribution in [3.8, 4) is 0 Å². The van der Waals surface area contributed by atoms with E-state index in [4.69, 9.17) is 4.74 Å². The van der Waals surface area contributed by atoms with Gasteiger partial charge in [-0.3, -0.25) is 4.79 Å². The molecule has 0 aromatic heterocycles. The van der Waals surface area contributed by atoms with Crippen molar-refractivity contribution in [2.24, 2.45) is 0 Å². The first-order chi connectivity index (χ1) is 12.0. The molecule has 0 saturated carbocycles. The fourth-order valence-corrected chi connectivity index (χ4v) is 5.42. The number of rotatable bonds is 5. The number of hydrogen-bond donors (Lipinski definition) is 0. The Morgan fingerprint density at radius 2 is 1.52 bits per heavy atom. The molecule has 0 bridgehead atoms. The Morgan fingerprint density at radius 1 is 0.960 bits per heavy atom. The Bertz CT molecular complexity index is 748. The minimum atomic E-state index is -0.809. The summed E-state index contributed by atoms with van der Waals surface area (Å²) >= 11 is 3.85. The lowest BCUT2D eigenvalue weighted by Gasteiger charge is -2.13. The molecule has 2 aromatic rings. The molecular weight excluding hydrogens is 352 g/mol. The van der Waals surface area contributed by atoms with Gasteiger partial charge in [0.1, 0.15) is 0 Å². The summed E-state index contributed by atoms with van der Waals surface area (Å²) in [4.78, 5) is 24.7. The van der Waals surface area contributed by atoms with Gasteiger partial charge in [-0.15, -0.1) is 23.5 Å². The van der Waals surface area contributed by atoms with Crippen LogP contribution in [0.4, 0.5) is 0 Å². The van der Waals surface area contributed by atoms with E-state index in [1.807, 2.05) is 54.7 Å². The average Bonchev–Trinajstić information content (AvgIpc) is 3.16. The highest BCUT2D eigenvalue weighted by molar-refractivity contribution is 8.19. The highest BCUT2D eigenvalue weighted by Crippen LogP contribution is 2.45. The fraction of sp³-hybridized carbons (Fsp3) is 0.300. The number of hydrogen-bond acceptors (Lipinski definition) is 5. The first-order valence-electron chi connectivity index (χ1n) is 8.19. The maximum absolute atomic E-state index is 12.4. The van der Waals surface area contributed by atoms with Crippen LogP contribution in [0.2, 0.25) is 0 Å². The van der Waals surface area contributed by atoms with Gasteiger partial charge in [0.2, 0.25) is 5.78 Å². The van der Waals surface area contributed by atoms with Gasteiger partial charge < -0.3 is 4.74 Å². The monoisotopic (exact) mass is 372 g/mol. The van der Waals surface area contributed by atoms with E-state index in [-0.39, 0.29) is 5.78 Å². The van der Waals surface area contributed by atoms with Crippen LogP contribution in [0.3, 0.4) is 0 Å². The average molecular weight is 373 g/mol. The first kappa shape index (κ1) is 18.1. The first-order valence-corrected chi connectivity index (χ1v) is 10.3. The molecule has 2 aromatic carbocycles. The van der Waals surface area contributed by atoms with Gasteiger partial charge in [0.25, 0.3) is 0 Å². The van der Waals surface area contributed by atoms with Crippen LogP contribution >= 0.6 is 23.5 Å². The third-order valence-electron chi connectivity index (χ3n) is 4.03. The largest absolute Gasteiger partial charge is 0.451 e. The molecule has 130 valence electrons. The number of carbonyl (C=O) groups is 2. The van der Waals surface area contributed by atoms with Crippen molar-refractivity contribution in [3.05, 3.63) is 70.8 Å². The summed E-state index contributed by atoms with van der Waals surface area (Å²) in [6.07, 6.45) is -0.809. The van der Waals surface area contributed by atoms with Gasteiger partial charge in [-0.2, -0.15) is 0 Å². The molecular formula is C20H20O3S2. The standard InChI is InChI=1S/C20H20O3S2/c1-13-3-5-15(6-4-13)18(21)14(2)23-19(22)16-7-9-17(10-8-16)20-24-11-12-25-20/h3-10,14,20H,11-12H2,1-2H3/t14-/m0/s1. The minimum absolute atomic E-state index is 0.191. The Labute approximate surface area is 156 Å². The molecule has 0 amide bonds. The maximum Gasteiger partial charge on any atom is 0.338 e. The smallest absolute Gasteiger partial charge is 0.338 e. The Hall–Kier alpha value is -1.72. The number of esters is 1. The summed E-state index contributed by atoms with van der Waals surface area (Å²) in [6, 6.07) is 14.8. The molecule has 0 unspecified atom stereocenters. The lowest BCUT2D eigenvalue weighted by Crippen LogP contribution is -2.24. The second-order valence-electron chi connectivity index (χ2n) is 5.97. The van der Waals surface area contributed by atoms with Crippen molar-refractivity contribution in [1.82, 2.24) is 0 Å². The van der Waals surface area contributed by atoms with Crippen LogP contribution in [-0.2, 0) is 4.74 Å². The molecule has 0 aliphatic carbocycles. The zero-order valence-electron chi connectivity index (χ0n) is 14.2. The van der Waals surface area contributed by atoms with Crippen LogP contribution in [0, 0.1) is 6.92 Å². The SMILES string of the molecule is Cc1ccc(C(=O)[C@H](C)OC(=O)c2ccc(C3SCCS3)cc2)cc1. The zero-order chi connectivity index (χ0) is 17.8. The molecule has 1 aliphatic rings. The molecule has 1 heterocycles. The second kappa shape index (κ2) is 8.11. The second-order valence-corrected chi connectivity index (χ2v) is 8.70. The summed E-state index contributed by atoms with van der Waals surface area (Å²) in [7, 11) is 0. The number of benzene rings is 2. The number of carbonyl (C=O) groups excluding carboxylic acids is 2. The third-order valence-corrected chi connectivity index (χ3v) is 7.13. The van der Waals surface area contributed by atoms with Gasteiger partial charge in [-0.1, -0.05) is 42.0 Å². The zero-order valence-corrected chi connectivity index (χ0v) is 15.9. The van der Waals surface area contributed by atoms with Crippen molar-refractivity contribution in [2.45, 2.75) is 24.5 Å². The van der Waals surface area contributed by atoms with E-state index in [9.17, 15) is 9.59 Å². The van der Waals surface area contributed by atoms with E-state index in [1.54, 1.807) is 31.2 Å². The molecule has 3 rings (SSSR count). The highest BCUT2D eigenvalue weighted by Gasteiger charge is 2.22. The van der Waals surface area contributed by atoms with E-state index in [0.717, 1.165) is 17.1 Å². The number of aryl methyl sites for hydroxylation is 1. The molecule has 1 aliphatic heterocycles. The van der Waals surface area contributed by atoms with Crippen LogP contribution in [0.25, 0.3) is 0 Å². The predicted molar refractivity (Wildman–Crippen MR) is 104 cm³/mol. The molecule has 0 radical (unpaired) electrons. The van der Waals surface area contributed by atoms with Crippen LogP contribution in [-0.4, -0.2) is 29.4 Å². The molecule has 1 atom stereocenters. The van der Waals surface area contributed by atoms with Crippen LogP contribution in [0.5, 0.6) is 0 Å². The Balaban J connectivity index is 1.62. The van der Waals surface area contributed by atoms with E-state index in [0.29, 0.717) is 15.7 Å². The van der Waals surface area contributed by atoms with Crippen LogP contribution < -0.4 is 0 Å². The number of thioether (sulfide) groups is 2. The van der Waals surface area contributed by atoms with Gasteiger partial charge in [0.05, 0.1) is 10.1 Å². The summed E-state index contributed by atoms with van der Waals surface area (Å²) < 4.78 is 5.80. The van der Waals surface area contributed by atoms with Crippen molar-refractivity contribution in [2.75, 3.05) is 11.5 Å². The topological polar surface area (TPSA) is 43.4 Å². The van der Waals surface area contributed by atoms with Gasteiger partial charge in [-0.05, 0) is 31.5 Å². The summed E-state index contributed by atoms with van der Waals surface area (Å²) in [6.45, 7) is 3.57. The van der Waals surface area contributed by atoms with Gasteiger partial charge >= 0.3 is 5.97 Å². The number of ether oxygens (including phenoxy) is 1. The Kier molecular flexibility index (Phi) is 5.86. The lowest BCUT2D eigenvalue weighted by atomic mass is 10.1. The molecule has 0 N–H and O–H groups in total. The van der Waals surface area contributed by atoms with Crippen molar-refractivity contribution >= 4 is 35.3 Å². The molecule has 1 saturated heterocycles. The molecule has 0 spiro atoms. The van der Waals surface area contributed by atoms with E-state index >= 15 is 0 Å². The van der Waals surface area contributed by atoms with Crippen molar-refractivity contribution < 1.29 is 14.3 Å². The summed E-state index contributed by atoms with van der Waals surface area (Å²) in [5, 5.41) is 0. The number of Topliss-reactive ketones (excluding diaryl/α,β-unsaturated/α-hetero) is 1. The van der Waals surface area contributed by atoms with Crippen LogP contribution in [0.15, 0.2) is 48.5 Å². The third kappa shape index (κ3) is 4.47. The summed E-state index contributed by atoms with van der Waals surface area (Å²) in [5.74, 6) is 1.67. The lowest BCUT2D eigenvalue weighted by molar-refractivity contribution is 0.0319. The Morgan fingerprint density at radius 3 is 2.12 bits per heavy atom. The van der Waals surface area contributed by atoms with Crippen LogP contribution in [0.1, 0.15) is 43.3 Å².